The van der Waals surface area contributed by atoms with E-state index in [2.05, 4.69) is 26.9 Å². The lowest BCUT2D eigenvalue weighted by atomic mass is 10.2. The number of benzene rings is 2. The molecule has 1 aliphatic heterocycles. The van der Waals surface area contributed by atoms with Crippen LogP contribution in [0, 0.1) is 0 Å². The molecule has 0 amide bonds. The van der Waals surface area contributed by atoms with Crippen LogP contribution in [0.4, 0.5) is 5.95 Å². The van der Waals surface area contributed by atoms with Gasteiger partial charge in [-0.05, 0) is 23.8 Å². The number of carbonyl (C=O) groups is 2. The topological polar surface area (TPSA) is 107 Å². The third-order valence-electron chi connectivity index (χ3n) is 4.63. The summed E-state index contributed by atoms with van der Waals surface area (Å²) in [5, 5.41) is 16.7. The molecule has 156 valence electrons. The number of carboxylic acid groups (broad SMARTS) is 2. The number of fused-ring (bicyclic) bond motifs is 1. The second-order valence-electron chi connectivity index (χ2n) is 6.73. The molecule has 4 rings (SSSR count). The monoisotopic (exact) mass is 428 g/mol. The van der Waals surface area contributed by atoms with E-state index in [0.29, 0.717) is 0 Å². The van der Waals surface area contributed by atoms with Crippen LogP contribution in [0.5, 0.6) is 0 Å². The first kappa shape index (κ1) is 21.5. The van der Waals surface area contributed by atoms with Gasteiger partial charge in [0.2, 0.25) is 5.95 Å². The molecule has 1 fully saturated rings. The maximum Gasteiger partial charge on any atom is 0.414 e. The number of para-hydroxylation sites is 1. The van der Waals surface area contributed by atoms with Gasteiger partial charge in [0, 0.05) is 49.3 Å². The lowest BCUT2D eigenvalue weighted by Gasteiger charge is -2.34. The van der Waals surface area contributed by atoms with Gasteiger partial charge in [-0.3, -0.25) is 4.90 Å². The molecule has 0 atom stereocenters. The normalized spacial score (nSPS) is 14.1. The summed E-state index contributed by atoms with van der Waals surface area (Å²) in [7, 11) is 0. The molecule has 0 saturated carbocycles. The van der Waals surface area contributed by atoms with Crippen molar-refractivity contribution < 1.29 is 19.8 Å². The Morgan fingerprint density at radius 3 is 2.20 bits per heavy atom. The molecule has 3 aromatic rings. The highest BCUT2D eigenvalue weighted by Gasteiger charge is 2.19. The summed E-state index contributed by atoms with van der Waals surface area (Å²) in [6, 6.07) is 16.2. The zero-order chi connectivity index (χ0) is 21.5. The lowest BCUT2D eigenvalue weighted by Crippen LogP contribution is -2.46. The van der Waals surface area contributed by atoms with Crippen LogP contribution in [0.3, 0.4) is 0 Å². The molecule has 2 N–H and O–H groups in total. The van der Waals surface area contributed by atoms with Crippen molar-refractivity contribution in [3.8, 4) is 0 Å². The minimum Gasteiger partial charge on any atom is -0.473 e. The summed E-state index contributed by atoms with van der Waals surface area (Å²) in [5.41, 5.74) is 2.31. The van der Waals surface area contributed by atoms with Crippen LogP contribution in [0.2, 0.25) is 5.02 Å². The van der Waals surface area contributed by atoms with Crippen molar-refractivity contribution in [1.82, 2.24) is 14.9 Å². The number of aliphatic carboxylic acids is 2. The van der Waals surface area contributed by atoms with Gasteiger partial charge in [0.1, 0.15) is 0 Å². The van der Waals surface area contributed by atoms with Crippen LogP contribution in [0.15, 0.2) is 54.7 Å². The second kappa shape index (κ2) is 10.00. The largest absolute Gasteiger partial charge is 0.473 e. The van der Waals surface area contributed by atoms with E-state index >= 15 is 0 Å². The van der Waals surface area contributed by atoms with Crippen LogP contribution in [0.1, 0.15) is 5.56 Å². The third-order valence-corrected chi connectivity index (χ3v) is 4.89. The van der Waals surface area contributed by atoms with Gasteiger partial charge in [-0.1, -0.05) is 41.9 Å². The van der Waals surface area contributed by atoms with E-state index in [-0.39, 0.29) is 0 Å². The highest BCUT2D eigenvalue weighted by Crippen LogP contribution is 2.17. The quantitative estimate of drug-likeness (QED) is 0.613. The minimum atomic E-state index is -1.82. The Bertz CT molecular complexity index is 1010. The van der Waals surface area contributed by atoms with Crippen LogP contribution < -0.4 is 4.90 Å². The fourth-order valence-corrected chi connectivity index (χ4v) is 3.19. The molecular formula is C21H21ClN4O4. The molecule has 9 heteroatoms. The van der Waals surface area contributed by atoms with Crippen molar-refractivity contribution in [2.45, 2.75) is 6.54 Å². The third kappa shape index (κ3) is 5.88. The van der Waals surface area contributed by atoms with E-state index in [1.54, 1.807) is 0 Å². The fourth-order valence-electron chi connectivity index (χ4n) is 3.07. The van der Waals surface area contributed by atoms with Crippen molar-refractivity contribution >= 4 is 40.4 Å². The van der Waals surface area contributed by atoms with Crippen molar-refractivity contribution in [2.75, 3.05) is 31.1 Å². The average molecular weight is 429 g/mol. The summed E-state index contributed by atoms with van der Waals surface area (Å²) >= 11 is 5.95. The highest BCUT2D eigenvalue weighted by atomic mass is 35.5. The molecule has 1 aromatic heterocycles. The Balaban J connectivity index is 0.000000377. The average Bonchev–Trinajstić information content (AvgIpc) is 2.76. The molecule has 1 aliphatic rings. The standard InChI is InChI=1S/C19H19ClN4.C2H2O4/c20-17-7-5-15(6-8-17)14-23-9-11-24(12-10-23)19-21-13-16-3-1-2-4-18(16)22-19;3-1(4)2(5)6/h1-8,13H,9-12,14H2;(H,3,4)(H,5,6). The highest BCUT2D eigenvalue weighted by molar-refractivity contribution is 6.30. The first-order valence-corrected chi connectivity index (χ1v) is 9.70. The minimum absolute atomic E-state index is 0.789. The summed E-state index contributed by atoms with van der Waals surface area (Å²) in [6.45, 7) is 4.89. The number of rotatable bonds is 3. The number of piperazine rings is 1. The Morgan fingerprint density at radius 1 is 0.933 bits per heavy atom. The molecule has 0 bridgehead atoms. The summed E-state index contributed by atoms with van der Waals surface area (Å²) in [6.07, 6.45) is 1.91. The SMILES string of the molecule is Clc1ccc(CN2CCN(c3ncc4ccccc4n3)CC2)cc1.O=C(O)C(=O)O. The fraction of sp³-hybridized carbons (Fsp3) is 0.238. The van der Waals surface area contributed by atoms with Crippen molar-refractivity contribution in [2.24, 2.45) is 0 Å². The van der Waals surface area contributed by atoms with Gasteiger partial charge < -0.3 is 15.1 Å². The van der Waals surface area contributed by atoms with E-state index in [1.807, 2.05) is 42.6 Å². The van der Waals surface area contributed by atoms with Gasteiger partial charge in [-0.25, -0.2) is 19.6 Å². The van der Waals surface area contributed by atoms with Gasteiger partial charge in [-0.2, -0.15) is 0 Å². The first-order chi connectivity index (χ1) is 14.4. The Morgan fingerprint density at radius 2 is 1.57 bits per heavy atom. The number of carboxylic acids is 2. The van der Waals surface area contributed by atoms with Crippen molar-refractivity contribution in [3.63, 3.8) is 0 Å². The van der Waals surface area contributed by atoms with Gasteiger partial charge >= 0.3 is 11.9 Å². The molecule has 0 spiro atoms. The zero-order valence-electron chi connectivity index (χ0n) is 16.1. The van der Waals surface area contributed by atoms with Crippen molar-refractivity contribution in [3.05, 3.63) is 65.3 Å². The number of hydrogen-bond acceptors (Lipinski definition) is 6. The molecule has 1 saturated heterocycles. The van der Waals surface area contributed by atoms with E-state index < -0.39 is 11.9 Å². The molecule has 0 unspecified atom stereocenters. The van der Waals surface area contributed by atoms with Crippen LogP contribution in [-0.2, 0) is 16.1 Å². The number of hydrogen-bond donors (Lipinski definition) is 2. The number of nitrogens with zero attached hydrogens (tertiary/aromatic N) is 4. The van der Waals surface area contributed by atoms with Gasteiger partial charge in [0.15, 0.2) is 0 Å². The number of anilines is 1. The van der Waals surface area contributed by atoms with E-state index in [4.69, 9.17) is 36.4 Å². The van der Waals surface area contributed by atoms with Gasteiger partial charge in [0.25, 0.3) is 0 Å². The molecule has 0 radical (unpaired) electrons. The predicted molar refractivity (Wildman–Crippen MR) is 114 cm³/mol. The summed E-state index contributed by atoms with van der Waals surface area (Å²) in [4.78, 5) is 32.2. The van der Waals surface area contributed by atoms with Gasteiger partial charge in [-0.15, -0.1) is 0 Å². The molecule has 8 nitrogen and oxygen atoms in total. The number of halogens is 1. The molecule has 2 heterocycles. The Hall–Kier alpha value is -3.23. The first-order valence-electron chi connectivity index (χ1n) is 9.32. The number of aromatic nitrogens is 2. The summed E-state index contributed by atoms with van der Waals surface area (Å²) < 4.78 is 0. The van der Waals surface area contributed by atoms with Crippen LogP contribution >= 0.6 is 11.6 Å². The Labute approximate surface area is 178 Å². The smallest absolute Gasteiger partial charge is 0.414 e. The van der Waals surface area contributed by atoms with Crippen LogP contribution in [-0.4, -0.2) is 63.2 Å². The second-order valence-corrected chi connectivity index (χ2v) is 7.17. The maximum absolute atomic E-state index is 9.10. The predicted octanol–water partition coefficient (Wildman–Crippen LogP) is 2.76. The molecule has 2 aromatic carbocycles. The zero-order valence-corrected chi connectivity index (χ0v) is 16.9. The van der Waals surface area contributed by atoms with Gasteiger partial charge in [0.05, 0.1) is 5.52 Å². The molecule has 0 aliphatic carbocycles. The molecular weight excluding hydrogens is 408 g/mol. The van der Waals surface area contributed by atoms with E-state index in [1.165, 1.54) is 5.56 Å². The van der Waals surface area contributed by atoms with E-state index in [0.717, 1.165) is 54.6 Å². The molecule has 30 heavy (non-hydrogen) atoms. The van der Waals surface area contributed by atoms with Crippen LogP contribution in [0.25, 0.3) is 10.9 Å². The Kier molecular flexibility index (Phi) is 7.16. The van der Waals surface area contributed by atoms with E-state index in [9.17, 15) is 0 Å². The van der Waals surface area contributed by atoms with Crippen molar-refractivity contribution in [1.29, 1.82) is 0 Å². The lowest BCUT2D eigenvalue weighted by molar-refractivity contribution is -0.159. The summed E-state index contributed by atoms with van der Waals surface area (Å²) in [5.74, 6) is -2.81. The maximum atomic E-state index is 9.10.